The van der Waals surface area contributed by atoms with Crippen LogP contribution in [0.15, 0.2) is 140 Å². The van der Waals surface area contributed by atoms with Crippen molar-refractivity contribution in [2.45, 2.75) is 52.4 Å². The maximum absolute atomic E-state index is 5.22. The lowest BCUT2D eigenvalue weighted by Gasteiger charge is -2.21. The van der Waals surface area contributed by atoms with Crippen molar-refractivity contribution in [3.05, 3.63) is 151 Å². The van der Waals surface area contributed by atoms with Crippen LogP contribution >= 0.6 is 0 Å². The number of aromatic nitrogens is 5. The number of hydrogen-bond donors (Lipinski definition) is 0. The molecule has 3 heterocycles. The smallest absolute Gasteiger partial charge is 0.166 e. The summed E-state index contributed by atoms with van der Waals surface area (Å²) in [6, 6.07) is 46.7. The first-order valence-corrected chi connectivity index (χ1v) is 17.6. The van der Waals surface area contributed by atoms with Crippen molar-refractivity contribution in [3.63, 3.8) is 0 Å². The second-order valence-electron chi connectivity index (χ2n) is 15.3. The van der Waals surface area contributed by atoms with Crippen molar-refractivity contribution < 1.29 is 0 Å². The highest BCUT2D eigenvalue weighted by Crippen LogP contribution is 2.40. The van der Waals surface area contributed by atoms with Gasteiger partial charge in [-0.3, -0.25) is 4.98 Å². The molecule has 0 radical (unpaired) electrons. The zero-order chi connectivity index (χ0) is 35.3. The van der Waals surface area contributed by atoms with Crippen molar-refractivity contribution in [2.24, 2.45) is 0 Å². The van der Waals surface area contributed by atoms with Crippen LogP contribution in [0.2, 0.25) is 0 Å². The van der Waals surface area contributed by atoms with E-state index in [2.05, 4.69) is 101 Å². The highest BCUT2D eigenvalue weighted by molar-refractivity contribution is 6.10. The fourth-order valence-electron chi connectivity index (χ4n) is 6.74. The molecule has 0 saturated heterocycles. The molecule has 0 spiro atoms. The molecule has 0 aliphatic rings. The van der Waals surface area contributed by atoms with Gasteiger partial charge in [0.15, 0.2) is 17.5 Å². The van der Waals surface area contributed by atoms with Gasteiger partial charge in [-0.2, -0.15) is 0 Å². The largest absolute Gasteiger partial charge is 0.308 e. The van der Waals surface area contributed by atoms with Gasteiger partial charge in [0.2, 0.25) is 0 Å². The summed E-state index contributed by atoms with van der Waals surface area (Å²) in [6.07, 6.45) is 1.84. The summed E-state index contributed by atoms with van der Waals surface area (Å²) in [4.78, 5) is 20.2. The van der Waals surface area contributed by atoms with E-state index in [-0.39, 0.29) is 10.8 Å². The molecule has 5 heteroatoms. The van der Waals surface area contributed by atoms with Crippen LogP contribution in [0, 0.1) is 0 Å². The van der Waals surface area contributed by atoms with E-state index < -0.39 is 0 Å². The summed E-state index contributed by atoms with van der Waals surface area (Å²) in [7, 11) is 0. The third kappa shape index (κ3) is 6.10. The van der Waals surface area contributed by atoms with Crippen LogP contribution in [0.3, 0.4) is 0 Å². The molecule has 5 aromatic carbocycles. The fraction of sp³-hybridized carbons (Fsp3) is 0.174. The lowest BCUT2D eigenvalue weighted by Crippen LogP contribution is -2.11. The lowest BCUT2D eigenvalue weighted by molar-refractivity contribution is 0.591. The molecule has 0 bridgehead atoms. The Balaban J connectivity index is 1.49. The normalized spacial score (nSPS) is 12.1. The standard InChI is InChI=1S/C46H41N5/c1-45(2,3)33-21-23-35-36-24-22-34(46(4,5)6)29-41(36)51(40(35)28-33)39-25-20-32(38-19-13-14-26-47-38)27-37(39)44-49-42(30-15-9-7-10-16-30)48-43(50-44)31-17-11-8-12-18-31/h7-29H,1-6H3. The Morgan fingerprint density at radius 1 is 0.451 bits per heavy atom. The number of hydrogen-bond acceptors (Lipinski definition) is 4. The van der Waals surface area contributed by atoms with Crippen LogP contribution in [0.1, 0.15) is 52.7 Å². The van der Waals surface area contributed by atoms with E-state index in [4.69, 9.17) is 19.9 Å². The van der Waals surface area contributed by atoms with Gasteiger partial charge in [-0.1, -0.05) is 139 Å². The van der Waals surface area contributed by atoms with E-state index in [0.717, 1.165) is 44.7 Å². The number of pyridine rings is 1. The van der Waals surface area contributed by atoms with E-state index in [0.29, 0.717) is 17.5 Å². The van der Waals surface area contributed by atoms with Gasteiger partial charge in [0.25, 0.3) is 0 Å². The molecule has 5 nitrogen and oxygen atoms in total. The molecule has 3 aromatic heterocycles. The van der Waals surface area contributed by atoms with Crippen LogP contribution < -0.4 is 0 Å². The molecule has 0 N–H and O–H groups in total. The zero-order valence-electron chi connectivity index (χ0n) is 30.0. The number of fused-ring (bicyclic) bond motifs is 3. The molecule has 250 valence electrons. The van der Waals surface area contributed by atoms with Crippen LogP contribution in [-0.4, -0.2) is 24.5 Å². The molecule has 0 fully saturated rings. The Bertz CT molecular complexity index is 2390. The summed E-state index contributed by atoms with van der Waals surface area (Å²) in [5, 5.41) is 2.42. The van der Waals surface area contributed by atoms with E-state index in [1.807, 2.05) is 85.1 Å². The van der Waals surface area contributed by atoms with Crippen LogP contribution in [0.4, 0.5) is 0 Å². The van der Waals surface area contributed by atoms with Crippen molar-refractivity contribution >= 4 is 21.8 Å². The van der Waals surface area contributed by atoms with Gasteiger partial charge in [-0.25, -0.2) is 15.0 Å². The predicted octanol–water partition coefficient (Wildman–Crippen LogP) is 11.6. The minimum atomic E-state index is -0.0267. The van der Waals surface area contributed by atoms with Crippen molar-refractivity contribution in [1.29, 1.82) is 0 Å². The van der Waals surface area contributed by atoms with E-state index in [9.17, 15) is 0 Å². The fourth-order valence-corrected chi connectivity index (χ4v) is 6.74. The Labute approximate surface area is 299 Å². The molecule has 0 aliphatic carbocycles. The van der Waals surface area contributed by atoms with Gasteiger partial charge in [0.1, 0.15) is 0 Å². The van der Waals surface area contributed by atoms with E-state index in [1.165, 1.54) is 21.9 Å². The second-order valence-corrected chi connectivity index (χ2v) is 15.3. The van der Waals surface area contributed by atoms with Gasteiger partial charge in [0, 0.05) is 39.2 Å². The van der Waals surface area contributed by atoms with E-state index in [1.54, 1.807) is 0 Å². The number of rotatable bonds is 5. The third-order valence-corrected chi connectivity index (χ3v) is 9.64. The summed E-state index contributed by atoms with van der Waals surface area (Å²) < 4.78 is 2.42. The molecule has 0 aliphatic heterocycles. The summed E-state index contributed by atoms with van der Waals surface area (Å²) in [5.41, 5.74) is 10.4. The first-order chi connectivity index (χ1) is 24.5. The van der Waals surface area contributed by atoms with Gasteiger partial charge in [-0.05, 0) is 58.4 Å². The quantitative estimate of drug-likeness (QED) is 0.184. The van der Waals surface area contributed by atoms with Crippen molar-refractivity contribution in [3.8, 4) is 51.1 Å². The maximum atomic E-state index is 5.22. The molecule has 8 rings (SSSR count). The molecule has 0 unspecified atom stereocenters. The molecule has 0 amide bonds. The average Bonchev–Trinajstić information content (AvgIpc) is 3.48. The summed E-state index contributed by atoms with van der Waals surface area (Å²) >= 11 is 0. The molecule has 0 atom stereocenters. The van der Waals surface area contributed by atoms with E-state index >= 15 is 0 Å². The van der Waals surface area contributed by atoms with Crippen molar-refractivity contribution in [2.75, 3.05) is 0 Å². The highest BCUT2D eigenvalue weighted by Gasteiger charge is 2.24. The summed E-state index contributed by atoms with van der Waals surface area (Å²) in [6.45, 7) is 13.6. The third-order valence-electron chi connectivity index (χ3n) is 9.64. The number of nitrogens with zero attached hydrogens (tertiary/aromatic N) is 5. The van der Waals surface area contributed by atoms with Gasteiger partial charge in [-0.15, -0.1) is 0 Å². The maximum Gasteiger partial charge on any atom is 0.166 e. The van der Waals surface area contributed by atoms with Gasteiger partial charge >= 0.3 is 0 Å². The monoisotopic (exact) mass is 663 g/mol. The van der Waals surface area contributed by atoms with Crippen molar-refractivity contribution in [1.82, 2.24) is 24.5 Å². The molecular formula is C46H41N5. The Morgan fingerprint density at radius 3 is 1.45 bits per heavy atom. The van der Waals surface area contributed by atoms with Crippen LogP contribution in [0.25, 0.3) is 72.9 Å². The first-order valence-electron chi connectivity index (χ1n) is 17.6. The zero-order valence-corrected chi connectivity index (χ0v) is 30.0. The molecular weight excluding hydrogens is 623 g/mol. The number of benzene rings is 5. The average molecular weight is 664 g/mol. The summed E-state index contributed by atoms with van der Waals surface area (Å²) in [5.74, 6) is 1.85. The second kappa shape index (κ2) is 12.4. The van der Waals surface area contributed by atoms with Gasteiger partial charge < -0.3 is 4.57 Å². The van der Waals surface area contributed by atoms with Gasteiger partial charge in [0.05, 0.1) is 22.4 Å². The highest BCUT2D eigenvalue weighted by atomic mass is 15.1. The Hall–Kier alpha value is -5.94. The first kappa shape index (κ1) is 32.3. The Kier molecular flexibility index (Phi) is 7.87. The minimum absolute atomic E-state index is 0.0267. The molecule has 0 saturated carbocycles. The lowest BCUT2D eigenvalue weighted by atomic mass is 9.86. The Morgan fingerprint density at radius 2 is 0.961 bits per heavy atom. The molecule has 51 heavy (non-hydrogen) atoms. The minimum Gasteiger partial charge on any atom is -0.308 e. The van der Waals surface area contributed by atoms with Crippen LogP contribution in [0.5, 0.6) is 0 Å². The molecule has 8 aromatic rings. The van der Waals surface area contributed by atoms with Crippen LogP contribution in [-0.2, 0) is 10.8 Å². The SMILES string of the molecule is CC(C)(C)c1ccc2c3ccc(C(C)(C)C)cc3n(-c3ccc(-c4ccccn4)cc3-c3nc(-c4ccccc4)nc(-c4ccccc4)n3)c2c1. The topological polar surface area (TPSA) is 56.5 Å². The predicted molar refractivity (Wildman–Crippen MR) is 211 cm³/mol.